The fraction of sp³-hybridized carbons (Fsp3) is 0.600. The first-order valence-electron chi connectivity index (χ1n) is 4.77. The van der Waals surface area contributed by atoms with E-state index in [9.17, 15) is 0 Å². The summed E-state index contributed by atoms with van der Waals surface area (Å²) in [4.78, 5) is 7.80. The smallest absolute Gasteiger partial charge is 0.262 e. The molecule has 84 valence electrons. The topological polar surface area (TPSA) is 44.2 Å². The summed E-state index contributed by atoms with van der Waals surface area (Å²) in [7, 11) is 1.51. The molecule has 1 heterocycles. The summed E-state index contributed by atoms with van der Waals surface area (Å²) in [5.74, 6) is 1.16. The van der Waals surface area contributed by atoms with Gasteiger partial charge in [0.05, 0.1) is 7.11 Å². The van der Waals surface area contributed by atoms with Crippen molar-refractivity contribution >= 4 is 11.6 Å². The van der Waals surface area contributed by atoms with Gasteiger partial charge in [-0.25, -0.2) is 4.98 Å². The summed E-state index contributed by atoms with van der Waals surface area (Å²) in [6.07, 6.45) is 1.40. The highest BCUT2D eigenvalue weighted by molar-refractivity contribution is 6.31. The van der Waals surface area contributed by atoms with Crippen LogP contribution in [0.3, 0.4) is 0 Å². The average Bonchev–Trinajstić information content (AvgIpc) is 2.18. The Balaban J connectivity index is 2.89. The van der Waals surface area contributed by atoms with Crippen LogP contribution >= 0.6 is 11.6 Å². The third kappa shape index (κ3) is 2.96. The average molecular weight is 231 g/mol. The first-order valence-corrected chi connectivity index (χ1v) is 5.15. The molecule has 0 spiro atoms. The van der Waals surface area contributed by atoms with Gasteiger partial charge in [-0.2, -0.15) is 4.98 Å². The number of aromatic nitrogens is 2. The minimum absolute atomic E-state index is 0.0462. The van der Waals surface area contributed by atoms with E-state index in [1.54, 1.807) is 0 Å². The van der Waals surface area contributed by atoms with Crippen LogP contribution in [0.4, 0.5) is 0 Å². The molecule has 0 aromatic carbocycles. The standard InChI is InChI=1S/C10H15ClN2O2/c1-6(2)7(3)15-10-8(14-4)9(11)12-5-13-10/h5-7H,1-4H3. The number of ether oxygens (including phenoxy) is 2. The molecule has 0 aliphatic heterocycles. The van der Waals surface area contributed by atoms with Crippen molar-refractivity contribution in [3.8, 4) is 11.6 Å². The highest BCUT2D eigenvalue weighted by Gasteiger charge is 2.16. The minimum atomic E-state index is 0.0462. The van der Waals surface area contributed by atoms with E-state index in [0.717, 1.165) is 0 Å². The maximum atomic E-state index is 5.84. The molecule has 0 aliphatic carbocycles. The molecule has 15 heavy (non-hydrogen) atoms. The molecule has 1 aromatic rings. The summed E-state index contributed by atoms with van der Waals surface area (Å²) in [5, 5.41) is 0.262. The van der Waals surface area contributed by atoms with Crippen LogP contribution in [0.5, 0.6) is 11.6 Å². The Hall–Kier alpha value is -1.03. The van der Waals surface area contributed by atoms with Crippen molar-refractivity contribution in [1.82, 2.24) is 9.97 Å². The first-order chi connectivity index (χ1) is 7.06. The Morgan fingerprint density at radius 3 is 2.47 bits per heavy atom. The summed E-state index contributed by atoms with van der Waals surface area (Å²) in [6, 6.07) is 0. The maximum absolute atomic E-state index is 5.84. The zero-order chi connectivity index (χ0) is 11.4. The molecule has 1 aromatic heterocycles. The predicted octanol–water partition coefficient (Wildman–Crippen LogP) is 2.56. The fourth-order valence-corrected chi connectivity index (χ4v) is 1.11. The molecule has 0 radical (unpaired) electrons. The second-order valence-electron chi connectivity index (χ2n) is 3.57. The lowest BCUT2D eigenvalue weighted by molar-refractivity contribution is 0.156. The highest BCUT2D eigenvalue weighted by atomic mass is 35.5. The van der Waals surface area contributed by atoms with Crippen LogP contribution in [0.2, 0.25) is 5.15 Å². The van der Waals surface area contributed by atoms with Crippen LogP contribution in [0, 0.1) is 5.92 Å². The summed E-state index contributed by atoms with van der Waals surface area (Å²) < 4.78 is 10.7. The van der Waals surface area contributed by atoms with Crippen molar-refractivity contribution in [2.75, 3.05) is 7.11 Å². The van der Waals surface area contributed by atoms with Gasteiger partial charge in [-0.15, -0.1) is 0 Å². The second-order valence-corrected chi connectivity index (χ2v) is 3.93. The van der Waals surface area contributed by atoms with Gasteiger partial charge in [-0.05, 0) is 12.8 Å². The molecule has 0 fully saturated rings. The lowest BCUT2D eigenvalue weighted by Crippen LogP contribution is -2.19. The fourth-order valence-electron chi connectivity index (χ4n) is 0.905. The van der Waals surface area contributed by atoms with Gasteiger partial charge in [-0.1, -0.05) is 25.4 Å². The van der Waals surface area contributed by atoms with Crippen LogP contribution < -0.4 is 9.47 Å². The summed E-state index contributed by atoms with van der Waals surface area (Å²) in [6.45, 7) is 6.11. The Bertz CT molecular complexity index is 331. The normalized spacial score (nSPS) is 12.7. The highest BCUT2D eigenvalue weighted by Crippen LogP contribution is 2.31. The largest absolute Gasteiger partial charge is 0.489 e. The van der Waals surface area contributed by atoms with E-state index in [2.05, 4.69) is 23.8 Å². The van der Waals surface area contributed by atoms with E-state index in [1.165, 1.54) is 13.4 Å². The maximum Gasteiger partial charge on any atom is 0.262 e. The van der Waals surface area contributed by atoms with Gasteiger partial charge < -0.3 is 9.47 Å². The molecule has 0 saturated heterocycles. The van der Waals surface area contributed by atoms with Gasteiger partial charge in [0, 0.05) is 0 Å². The zero-order valence-corrected chi connectivity index (χ0v) is 10.1. The van der Waals surface area contributed by atoms with Crippen LogP contribution in [0.25, 0.3) is 0 Å². The van der Waals surface area contributed by atoms with Gasteiger partial charge in [0.15, 0.2) is 5.15 Å². The predicted molar refractivity (Wildman–Crippen MR) is 58.5 cm³/mol. The number of methoxy groups -OCH3 is 1. The van der Waals surface area contributed by atoms with Crippen molar-refractivity contribution in [2.24, 2.45) is 5.92 Å². The molecular weight excluding hydrogens is 216 g/mol. The van der Waals surface area contributed by atoms with Crippen LogP contribution in [-0.2, 0) is 0 Å². The van der Waals surface area contributed by atoms with Crippen LogP contribution in [0.1, 0.15) is 20.8 Å². The molecule has 1 atom stereocenters. The van der Waals surface area contributed by atoms with Gasteiger partial charge >= 0.3 is 0 Å². The van der Waals surface area contributed by atoms with Gasteiger partial charge in [0.2, 0.25) is 5.75 Å². The molecule has 4 nitrogen and oxygen atoms in total. The molecule has 1 rings (SSSR count). The van der Waals surface area contributed by atoms with Crippen LogP contribution in [0.15, 0.2) is 6.33 Å². The Morgan fingerprint density at radius 2 is 1.93 bits per heavy atom. The number of nitrogens with zero attached hydrogens (tertiary/aromatic N) is 2. The van der Waals surface area contributed by atoms with Crippen molar-refractivity contribution < 1.29 is 9.47 Å². The summed E-state index contributed by atoms with van der Waals surface area (Å²) >= 11 is 5.84. The van der Waals surface area contributed by atoms with E-state index in [1.807, 2.05) is 6.92 Å². The van der Waals surface area contributed by atoms with E-state index in [-0.39, 0.29) is 11.3 Å². The second kappa shape index (κ2) is 5.16. The van der Waals surface area contributed by atoms with Crippen molar-refractivity contribution in [3.05, 3.63) is 11.5 Å². The van der Waals surface area contributed by atoms with Crippen molar-refractivity contribution in [3.63, 3.8) is 0 Å². The summed E-state index contributed by atoms with van der Waals surface area (Å²) in [5.41, 5.74) is 0. The number of hydrogen-bond donors (Lipinski definition) is 0. The van der Waals surface area contributed by atoms with E-state index in [0.29, 0.717) is 17.5 Å². The lowest BCUT2D eigenvalue weighted by atomic mass is 10.1. The SMILES string of the molecule is COc1c(Cl)ncnc1OC(C)C(C)C. The third-order valence-corrected chi connectivity index (χ3v) is 2.44. The molecule has 0 N–H and O–H groups in total. The molecule has 0 amide bonds. The molecule has 0 bridgehead atoms. The molecule has 0 aliphatic rings. The molecule has 5 heteroatoms. The van der Waals surface area contributed by atoms with Crippen molar-refractivity contribution in [2.45, 2.75) is 26.9 Å². The van der Waals surface area contributed by atoms with Crippen LogP contribution in [-0.4, -0.2) is 23.2 Å². The Kier molecular flexibility index (Phi) is 4.15. The van der Waals surface area contributed by atoms with E-state index in [4.69, 9.17) is 21.1 Å². The Morgan fingerprint density at radius 1 is 1.27 bits per heavy atom. The molecular formula is C10H15ClN2O2. The number of hydrogen-bond acceptors (Lipinski definition) is 4. The van der Waals surface area contributed by atoms with Gasteiger partial charge in [0.25, 0.3) is 5.88 Å². The Labute approximate surface area is 94.6 Å². The third-order valence-electron chi connectivity index (χ3n) is 2.17. The van der Waals surface area contributed by atoms with Gasteiger partial charge in [0.1, 0.15) is 12.4 Å². The quantitative estimate of drug-likeness (QED) is 0.746. The molecule has 0 saturated carbocycles. The lowest BCUT2D eigenvalue weighted by Gasteiger charge is -2.18. The van der Waals surface area contributed by atoms with E-state index < -0.39 is 0 Å². The minimum Gasteiger partial charge on any atom is -0.489 e. The van der Waals surface area contributed by atoms with Gasteiger partial charge in [-0.3, -0.25) is 0 Å². The molecule has 1 unspecified atom stereocenters. The van der Waals surface area contributed by atoms with E-state index >= 15 is 0 Å². The zero-order valence-electron chi connectivity index (χ0n) is 9.32. The first kappa shape index (κ1) is 12.0. The monoisotopic (exact) mass is 230 g/mol. The number of rotatable bonds is 4. The van der Waals surface area contributed by atoms with Crippen molar-refractivity contribution in [1.29, 1.82) is 0 Å². The number of halogens is 1.